The lowest BCUT2D eigenvalue weighted by Gasteiger charge is -2.28. The van der Waals surface area contributed by atoms with Gasteiger partial charge in [-0.3, -0.25) is 14.3 Å². The molecule has 9 heteroatoms. The molecule has 0 aliphatic carbocycles. The van der Waals surface area contributed by atoms with Gasteiger partial charge in [-0.25, -0.2) is 4.98 Å². The second-order valence-electron chi connectivity index (χ2n) is 9.41. The number of nitrogens with zero attached hydrogens (tertiary/aromatic N) is 4. The van der Waals surface area contributed by atoms with E-state index in [1.54, 1.807) is 17.5 Å². The number of amides is 1. The molecule has 5 rings (SSSR count). The maximum Gasteiger partial charge on any atom is 0.226 e. The summed E-state index contributed by atoms with van der Waals surface area (Å²) < 4.78 is 2.18. The van der Waals surface area contributed by atoms with Crippen molar-refractivity contribution in [2.75, 3.05) is 11.9 Å². The van der Waals surface area contributed by atoms with Crippen molar-refractivity contribution in [2.24, 2.45) is 0 Å². The Morgan fingerprint density at radius 1 is 1.11 bits per heavy atom. The lowest BCUT2D eigenvalue weighted by atomic mass is 9.96. The second kappa shape index (κ2) is 10.4. The van der Waals surface area contributed by atoms with Crippen molar-refractivity contribution in [1.29, 1.82) is 0 Å². The van der Waals surface area contributed by atoms with E-state index in [-0.39, 0.29) is 18.0 Å². The van der Waals surface area contributed by atoms with E-state index in [1.165, 1.54) is 0 Å². The molecule has 3 aromatic heterocycles. The molecule has 1 aliphatic heterocycles. The predicted octanol–water partition coefficient (Wildman–Crippen LogP) is 5.56. The molecule has 37 heavy (non-hydrogen) atoms. The van der Waals surface area contributed by atoms with Crippen molar-refractivity contribution in [3.63, 3.8) is 0 Å². The summed E-state index contributed by atoms with van der Waals surface area (Å²) in [4.78, 5) is 24.3. The van der Waals surface area contributed by atoms with E-state index in [0.29, 0.717) is 18.1 Å². The number of aryl methyl sites for hydroxylation is 3. The zero-order chi connectivity index (χ0) is 26.1. The van der Waals surface area contributed by atoms with Crippen molar-refractivity contribution in [3.05, 3.63) is 94.0 Å². The third-order valence-corrected chi connectivity index (χ3v) is 7.95. The summed E-state index contributed by atoms with van der Waals surface area (Å²) in [5.74, 6) is -0.0372. The minimum Gasteiger partial charge on any atom is -0.352 e. The average molecular weight is 531 g/mol. The highest BCUT2D eigenvalue weighted by Crippen LogP contribution is 2.41. The van der Waals surface area contributed by atoms with E-state index in [1.807, 2.05) is 61.8 Å². The number of hydrogen-bond donors (Lipinski definition) is 2. The van der Waals surface area contributed by atoms with Crippen LogP contribution in [0.1, 0.15) is 52.3 Å². The van der Waals surface area contributed by atoms with Crippen molar-refractivity contribution >= 4 is 40.3 Å². The fraction of sp³-hybridized carbons (Fsp3) is 0.286. The van der Waals surface area contributed by atoms with Crippen LogP contribution in [0.25, 0.3) is 5.13 Å². The Hall–Kier alpha value is -3.56. The van der Waals surface area contributed by atoms with Gasteiger partial charge < -0.3 is 15.5 Å². The van der Waals surface area contributed by atoms with Gasteiger partial charge in [0.05, 0.1) is 17.8 Å². The van der Waals surface area contributed by atoms with Gasteiger partial charge in [0.15, 0.2) is 10.2 Å². The molecule has 1 fully saturated rings. The zero-order valence-corrected chi connectivity index (χ0v) is 23.0. The Morgan fingerprint density at radius 2 is 1.95 bits per heavy atom. The third kappa shape index (κ3) is 5.01. The molecule has 2 N–H and O–H groups in total. The highest BCUT2D eigenvalue weighted by molar-refractivity contribution is 7.80. The normalized spacial score (nSPS) is 17.2. The Morgan fingerprint density at radius 3 is 2.68 bits per heavy atom. The number of carbonyl (C=O) groups is 1. The van der Waals surface area contributed by atoms with Crippen molar-refractivity contribution < 1.29 is 4.79 Å². The Kier molecular flexibility index (Phi) is 7.08. The molecule has 4 heterocycles. The second-order valence-corrected chi connectivity index (χ2v) is 10.7. The third-order valence-electron chi connectivity index (χ3n) is 6.84. The molecule has 0 bridgehead atoms. The first-order valence-electron chi connectivity index (χ1n) is 12.3. The molecule has 0 radical (unpaired) electrons. The van der Waals surface area contributed by atoms with Gasteiger partial charge in [-0.05, 0) is 80.9 Å². The Bertz CT molecular complexity index is 1430. The van der Waals surface area contributed by atoms with Crippen molar-refractivity contribution in [1.82, 2.24) is 24.8 Å². The van der Waals surface area contributed by atoms with Gasteiger partial charge in [0, 0.05) is 47.8 Å². The van der Waals surface area contributed by atoms with Crippen LogP contribution in [0.3, 0.4) is 0 Å². The SMILES string of the molecule is Cc1ccc(C)c(NC(=O)CCN2C(=S)N[C@@H](c3ccccn3)[C@@H]2c2cc(C)n(-c3nccs3)c2C)c1. The van der Waals surface area contributed by atoms with Gasteiger partial charge in [0.1, 0.15) is 0 Å². The molecule has 4 aromatic rings. The highest BCUT2D eigenvalue weighted by Gasteiger charge is 2.41. The van der Waals surface area contributed by atoms with Crippen LogP contribution < -0.4 is 10.6 Å². The molecule has 0 unspecified atom stereocenters. The topological polar surface area (TPSA) is 75.1 Å². The first-order valence-corrected chi connectivity index (χ1v) is 13.6. The molecule has 7 nitrogen and oxygen atoms in total. The van der Waals surface area contributed by atoms with Crippen LogP contribution in [0.4, 0.5) is 5.69 Å². The molecule has 190 valence electrons. The molecule has 1 amide bonds. The maximum atomic E-state index is 13.0. The Balaban J connectivity index is 1.45. The number of thiocarbonyl (C=S) groups is 1. The molecular formula is C28H30N6OS2. The van der Waals surface area contributed by atoms with Crippen LogP contribution in [0.5, 0.6) is 0 Å². The number of aromatic nitrogens is 3. The number of anilines is 1. The molecular weight excluding hydrogens is 500 g/mol. The quantitative estimate of drug-likeness (QED) is 0.305. The van der Waals surface area contributed by atoms with Crippen LogP contribution in [-0.4, -0.2) is 37.0 Å². The fourth-order valence-corrected chi connectivity index (χ4v) is 6.08. The maximum absolute atomic E-state index is 13.0. The lowest BCUT2D eigenvalue weighted by Crippen LogP contribution is -2.33. The number of benzene rings is 1. The van der Waals surface area contributed by atoms with E-state index in [2.05, 4.69) is 50.0 Å². The van der Waals surface area contributed by atoms with Gasteiger partial charge in [0.2, 0.25) is 5.91 Å². The number of carbonyl (C=O) groups excluding carboxylic acids is 1. The smallest absolute Gasteiger partial charge is 0.226 e. The predicted molar refractivity (Wildman–Crippen MR) is 152 cm³/mol. The van der Waals surface area contributed by atoms with E-state index >= 15 is 0 Å². The van der Waals surface area contributed by atoms with Crippen LogP contribution in [0.15, 0.2) is 60.2 Å². The first kappa shape index (κ1) is 25.1. The molecule has 0 saturated carbocycles. The van der Waals surface area contributed by atoms with Gasteiger partial charge in [-0.1, -0.05) is 18.2 Å². The summed E-state index contributed by atoms with van der Waals surface area (Å²) in [6.07, 6.45) is 3.93. The number of hydrogen-bond acceptors (Lipinski definition) is 5. The summed E-state index contributed by atoms with van der Waals surface area (Å²) in [5, 5.41) is 10.1. The largest absolute Gasteiger partial charge is 0.352 e. The van der Waals surface area contributed by atoms with E-state index in [4.69, 9.17) is 12.2 Å². The van der Waals surface area contributed by atoms with Gasteiger partial charge in [-0.15, -0.1) is 11.3 Å². The summed E-state index contributed by atoms with van der Waals surface area (Å²) in [5.41, 5.74) is 7.27. The zero-order valence-electron chi connectivity index (χ0n) is 21.4. The number of thiazole rings is 1. The number of rotatable bonds is 7. The van der Waals surface area contributed by atoms with E-state index < -0.39 is 0 Å². The standard InChI is InChI=1S/C28H30N6OS2/c1-17-8-9-18(2)23(15-17)31-24(35)10-13-33-26(25(32-27(33)36)22-7-5-6-11-29-22)21-16-19(3)34(20(21)4)28-30-12-14-37-28/h5-9,11-12,14-16,25-26H,10,13H2,1-4H3,(H,31,35)(H,32,36)/t25-,26-/m0/s1. The molecule has 2 atom stereocenters. The molecule has 1 saturated heterocycles. The number of nitrogens with one attached hydrogen (secondary N) is 2. The molecule has 1 aliphatic rings. The fourth-order valence-electron chi connectivity index (χ4n) is 5.00. The first-order chi connectivity index (χ1) is 17.8. The lowest BCUT2D eigenvalue weighted by molar-refractivity contribution is -0.116. The minimum atomic E-state index is -0.138. The van der Waals surface area contributed by atoms with E-state index in [0.717, 1.165) is 44.6 Å². The van der Waals surface area contributed by atoms with Crippen LogP contribution >= 0.6 is 23.6 Å². The Labute approximate surface area is 226 Å². The molecule has 0 spiro atoms. The highest BCUT2D eigenvalue weighted by atomic mass is 32.1. The average Bonchev–Trinajstić information content (AvgIpc) is 3.58. The monoisotopic (exact) mass is 530 g/mol. The number of pyridine rings is 1. The van der Waals surface area contributed by atoms with E-state index in [9.17, 15) is 4.79 Å². The van der Waals surface area contributed by atoms with Gasteiger partial charge in [-0.2, -0.15) is 0 Å². The molecule has 1 aromatic carbocycles. The van der Waals surface area contributed by atoms with Crippen molar-refractivity contribution in [3.8, 4) is 5.13 Å². The summed E-state index contributed by atoms with van der Waals surface area (Å²) >= 11 is 7.42. The van der Waals surface area contributed by atoms with Crippen LogP contribution in [0, 0.1) is 27.7 Å². The van der Waals surface area contributed by atoms with Crippen LogP contribution in [-0.2, 0) is 4.79 Å². The van der Waals surface area contributed by atoms with Gasteiger partial charge >= 0.3 is 0 Å². The van der Waals surface area contributed by atoms with Crippen molar-refractivity contribution in [2.45, 2.75) is 46.2 Å². The summed E-state index contributed by atoms with van der Waals surface area (Å²) in [6, 6.07) is 13.9. The minimum absolute atomic E-state index is 0.0372. The summed E-state index contributed by atoms with van der Waals surface area (Å²) in [7, 11) is 0. The van der Waals surface area contributed by atoms with Crippen LogP contribution in [0.2, 0.25) is 0 Å². The summed E-state index contributed by atoms with van der Waals surface area (Å²) in [6.45, 7) is 8.72. The van der Waals surface area contributed by atoms with Gasteiger partial charge in [0.25, 0.3) is 0 Å².